The largest absolute Gasteiger partial charge is 0.486 e. The third kappa shape index (κ3) is 3.30. The summed E-state index contributed by atoms with van der Waals surface area (Å²) in [7, 11) is 1.34. The smallest absolute Gasteiger partial charge is 0.337 e. The number of carbonyl (C=O) groups is 1. The summed E-state index contributed by atoms with van der Waals surface area (Å²) in [5, 5.41) is 0. The van der Waals surface area contributed by atoms with Crippen LogP contribution < -0.4 is 10.5 Å². The molecule has 0 unspecified atom stereocenters. The Balaban J connectivity index is 2.10. The Bertz CT molecular complexity index is 607. The second-order valence-electron chi connectivity index (χ2n) is 4.25. The van der Waals surface area contributed by atoms with E-state index in [4.69, 9.17) is 10.5 Å². The Hall–Kier alpha value is -2.01. The van der Waals surface area contributed by atoms with Gasteiger partial charge in [-0.15, -0.1) is 11.3 Å². The Morgan fingerprint density at radius 1 is 1.25 bits per heavy atom. The first-order chi connectivity index (χ1) is 9.63. The second kappa shape index (κ2) is 6.43. The van der Waals surface area contributed by atoms with Crippen LogP contribution >= 0.6 is 11.3 Å². The standard InChI is InChI=1S/C15H17NO3S/c1-3-11-5-6-12(20-11)9-19-14-8-10(15(17)18-2)4-7-13(14)16/h4-8H,3,9,16H2,1-2H3. The minimum atomic E-state index is -0.403. The van der Waals surface area contributed by atoms with Gasteiger partial charge in [0.15, 0.2) is 0 Å². The molecule has 2 N–H and O–H groups in total. The molecule has 106 valence electrons. The van der Waals surface area contributed by atoms with E-state index in [0.717, 1.165) is 11.3 Å². The molecule has 1 aromatic carbocycles. The van der Waals surface area contributed by atoms with Crippen molar-refractivity contribution >= 4 is 23.0 Å². The number of hydrogen-bond acceptors (Lipinski definition) is 5. The van der Waals surface area contributed by atoms with E-state index >= 15 is 0 Å². The average molecular weight is 291 g/mol. The molecule has 5 heteroatoms. The second-order valence-corrected chi connectivity index (χ2v) is 5.51. The number of nitrogen functional groups attached to an aromatic ring is 1. The topological polar surface area (TPSA) is 61.5 Å². The van der Waals surface area contributed by atoms with Gasteiger partial charge in [0.05, 0.1) is 18.4 Å². The van der Waals surface area contributed by atoms with Crippen molar-refractivity contribution in [1.82, 2.24) is 0 Å². The van der Waals surface area contributed by atoms with Gasteiger partial charge < -0.3 is 15.2 Å². The van der Waals surface area contributed by atoms with Gasteiger partial charge in [-0.05, 0) is 36.8 Å². The van der Waals surface area contributed by atoms with Gasteiger partial charge >= 0.3 is 5.97 Å². The monoisotopic (exact) mass is 291 g/mol. The maximum absolute atomic E-state index is 11.5. The van der Waals surface area contributed by atoms with Crippen LogP contribution in [0.3, 0.4) is 0 Å². The van der Waals surface area contributed by atoms with Crippen molar-refractivity contribution in [2.75, 3.05) is 12.8 Å². The highest BCUT2D eigenvalue weighted by molar-refractivity contribution is 7.11. The number of benzene rings is 1. The molecule has 0 saturated heterocycles. The summed E-state index contributed by atoms with van der Waals surface area (Å²) in [5.41, 5.74) is 6.79. The summed E-state index contributed by atoms with van der Waals surface area (Å²) in [6.45, 7) is 2.56. The number of ether oxygens (including phenoxy) is 2. The van der Waals surface area contributed by atoms with Gasteiger partial charge in [0, 0.05) is 9.75 Å². The number of methoxy groups -OCH3 is 1. The van der Waals surface area contributed by atoms with Gasteiger partial charge in [-0.25, -0.2) is 4.79 Å². The van der Waals surface area contributed by atoms with Crippen LogP contribution in [0.5, 0.6) is 5.75 Å². The third-order valence-electron chi connectivity index (χ3n) is 2.87. The minimum absolute atomic E-state index is 0.403. The van der Waals surface area contributed by atoms with Crippen molar-refractivity contribution in [1.29, 1.82) is 0 Å². The fraction of sp³-hybridized carbons (Fsp3) is 0.267. The molecule has 1 heterocycles. The van der Waals surface area contributed by atoms with E-state index in [1.54, 1.807) is 29.5 Å². The predicted molar refractivity (Wildman–Crippen MR) is 80.2 cm³/mol. The number of carbonyl (C=O) groups excluding carboxylic acids is 1. The number of nitrogens with two attached hydrogens (primary N) is 1. The SMILES string of the molecule is CCc1ccc(COc2cc(C(=O)OC)ccc2N)s1. The molecule has 0 aliphatic carbocycles. The molecule has 0 aliphatic heterocycles. The van der Waals surface area contributed by atoms with E-state index in [1.165, 1.54) is 12.0 Å². The van der Waals surface area contributed by atoms with Crippen LogP contribution in [0.25, 0.3) is 0 Å². The first kappa shape index (κ1) is 14.4. The van der Waals surface area contributed by atoms with E-state index in [0.29, 0.717) is 23.6 Å². The lowest BCUT2D eigenvalue weighted by molar-refractivity contribution is 0.0600. The molecule has 4 nitrogen and oxygen atoms in total. The lowest BCUT2D eigenvalue weighted by Crippen LogP contribution is -2.04. The Morgan fingerprint density at radius 2 is 2.00 bits per heavy atom. The van der Waals surface area contributed by atoms with Gasteiger partial charge in [-0.1, -0.05) is 6.92 Å². The van der Waals surface area contributed by atoms with E-state index in [2.05, 4.69) is 17.7 Å². The number of anilines is 1. The van der Waals surface area contributed by atoms with E-state index in [1.807, 2.05) is 6.07 Å². The molecule has 0 saturated carbocycles. The molecule has 2 rings (SSSR count). The zero-order valence-electron chi connectivity index (χ0n) is 11.5. The van der Waals surface area contributed by atoms with Gasteiger partial charge in [-0.2, -0.15) is 0 Å². The number of aryl methyl sites for hydroxylation is 1. The van der Waals surface area contributed by atoms with Crippen LogP contribution in [0.4, 0.5) is 5.69 Å². The lowest BCUT2D eigenvalue weighted by Gasteiger charge is -2.09. The molecule has 0 atom stereocenters. The van der Waals surface area contributed by atoms with E-state index < -0.39 is 5.97 Å². The van der Waals surface area contributed by atoms with Crippen molar-refractivity contribution < 1.29 is 14.3 Å². The quantitative estimate of drug-likeness (QED) is 0.678. The van der Waals surface area contributed by atoms with Crippen LogP contribution in [0, 0.1) is 0 Å². The lowest BCUT2D eigenvalue weighted by atomic mass is 10.2. The van der Waals surface area contributed by atoms with Crippen molar-refractivity contribution in [2.45, 2.75) is 20.0 Å². The zero-order chi connectivity index (χ0) is 14.5. The fourth-order valence-electron chi connectivity index (χ4n) is 1.74. The van der Waals surface area contributed by atoms with Crippen LogP contribution in [0.2, 0.25) is 0 Å². The summed E-state index contributed by atoms with van der Waals surface area (Å²) < 4.78 is 10.4. The molecule has 1 aromatic heterocycles. The van der Waals surface area contributed by atoms with Crippen LogP contribution in [0.15, 0.2) is 30.3 Å². The highest BCUT2D eigenvalue weighted by atomic mass is 32.1. The minimum Gasteiger partial charge on any atom is -0.486 e. The molecule has 2 aromatic rings. The molecule has 0 radical (unpaired) electrons. The van der Waals surface area contributed by atoms with E-state index in [-0.39, 0.29) is 0 Å². The maximum atomic E-state index is 11.5. The van der Waals surface area contributed by atoms with Crippen molar-refractivity contribution in [3.8, 4) is 5.75 Å². The average Bonchev–Trinajstić information content (AvgIpc) is 2.93. The fourth-order valence-corrected chi connectivity index (χ4v) is 2.61. The Labute approximate surface area is 122 Å². The highest BCUT2D eigenvalue weighted by Gasteiger charge is 2.10. The predicted octanol–water partition coefficient (Wildman–Crippen LogP) is 3.26. The van der Waals surface area contributed by atoms with Crippen molar-refractivity contribution in [3.63, 3.8) is 0 Å². The highest BCUT2D eigenvalue weighted by Crippen LogP contribution is 2.25. The van der Waals surface area contributed by atoms with Crippen LogP contribution in [-0.4, -0.2) is 13.1 Å². The van der Waals surface area contributed by atoms with Gasteiger partial charge in [0.25, 0.3) is 0 Å². The molecular weight excluding hydrogens is 274 g/mol. The summed E-state index contributed by atoms with van der Waals surface area (Å²) in [6.07, 6.45) is 1.02. The normalized spacial score (nSPS) is 10.3. The first-order valence-corrected chi connectivity index (χ1v) is 7.14. The number of esters is 1. The first-order valence-electron chi connectivity index (χ1n) is 6.32. The maximum Gasteiger partial charge on any atom is 0.337 e. The van der Waals surface area contributed by atoms with E-state index in [9.17, 15) is 4.79 Å². The van der Waals surface area contributed by atoms with Crippen molar-refractivity contribution in [3.05, 3.63) is 45.6 Å². The summed E-state index contributed by atoms with van der Waals surface area (Å²) in [4.78, 5) is 13.9. The van der Waals surface area contributed by atoms with Crippen LogP contribution in [0.1, 0.15) is 27.0 Å². The van der Waals surface area contributed by atoms with Gasteiger partial charge in [0.2, 0.25) is 0 Å². The molecule has 0 aliphatic rings. The summed E-state index contributed by atoms with van der Waals surface area (Å²) in [5.74, 6) is 0.0959. The Kier molecular flexibility index (Phi) is 4.63. The number of thiophene rings is 1. The van der Waals surface area contributed by atoms with Crippen molar-refractivity contribution in [2.24, 2.45) is 0 Å². The van der Waals surface area contributed by atoms with Crippen LogP contribution in [-0.2, 0) is 17.8 Å². The molecule has 0 bridgehead atoms. The summed E-state index contributed by atoms with van der Waals surface area (Å²) in [6, 6.07) is 9.01. The third-order valence-corrected chi connectivity index (χ3v) is 4.07. The number of hydrogen-bond donors (Lipinski definition) is 1. The Morgan fingerprint density at radius 3 is 2.65 bits per heavy atom. The molecular formula is C15H17NO3S. The van der Waals surface area contributed by atoms with Gasteiger partial charge in [0.1, 0.15) is 12.4 Å². The molecule has 0 amide bonds. The number of rotatable bonds is 5. The summed E-state index contributed by atoms with van der Waals surface area (Å²) >= 11 is 1.72. The molecule has 0 fully saturated rings. The molecule has 0 spiro atoms. The molecule has 20 heavy (non-hydrogen) atoms. The zero-order valence-corrected chi connectivity index (χ0v) is 12.3. The van der Waals surface area contributed by atoms with Gasteiger partial charge in [-0.3, -0.25) is 0 Å².